The quantitative estimate of drug-likeness (QED) is 0.401. The number of phenols is 1. The van der Waals surface area contributed by atoms with Crippen LogP contribution in [-0.2, 0) is 4.79 Å². The summed E-state index contributed by atoms with van der Waals surface area (Å²) in [5.41, 5.74) is -0.697. The third-order valence-corrected chi connectivity index (χ3v) is 8.69. The molecular weight excluding hydrogens is 552 g/mol. The largest absolute Gasteiger partial charge is 0.507 e. The number of likely N-dealkylation sites (tertiary alicyclic amines) is 1. The Morgan fingerprint density at radius 2 is 1.80 bits per heavy atom. The number of carbonyl (C=O) groups excluding carboxylic acids is 1. The first-order valence-electron chi connectivity index (χ1n) is 14.1. The number of piperazine rings is 1. The van der Waals surface area contributed by atoms with E-state index in [-0.39, 0.29) is 39.7 Å². The predicted octanol–water partition coefficient (Wildman–Crippen LogP) is 5.16. The molecule has 216 valence electrons. The van der Waals surface area contributed by atoms with Crippen LogP contribution in [0.5, 0.6) is 11.8 Å². The van der Waals surface area contributed by atoms with Gasteiger partial charge >= 0.3 is 6.01 Å². The maximum Gasteiger partial charge on any atom is 0.319 e. The van der Waals surface area contributed by atoms with Crippen molar-refractivity contribution >= 4 is 34.2 Å². The average Bonchev–Trinajstić information content (AvgIpc) is 2.96. The summed E-state index contributed by atoms with van der Waals surface area (Å²) in [6.07, 6.45) is 7.33. The fraction of sp³-hybridized carbons (Fsp3) is 0.433. The van der Waals surface area contributed by atoms with Crippen molar-refractivity contribution < 1.29 is 23.4 Å². The summed E-state index contributed by atoms with van der Waals surface area (Å²) in [6, 6.07) is 5.83. The van der Waals surface area contributed by atoms with Crippen LogP contribution in [0.3, 0.4) is 0 Å². The molecule has 0 atom stereocenters. The summed E-state index contributed by atoms with van der Waals surface area (Å²) in [7, 11) is 0. The van der Waals surface area contributed by atoms with Gasteiger partial charge in [0.25, 0.3) is 0 Å². The predicted molar refractivity (Wildman–Crippen MR) is 153 cm³/mol. The molecule has 3 fully saturated rings. The highest BCUT2D eigenvalue weighted by molar-refractivity contribution is 6.34. The van der Waals surface area contributed by atoms with Crippen LogP contribution in [0.15, 0.2) is 36.9 Å². The zero-order chi connectivity index (χ0) is 28.7. The Hall–Kier alpha value is -3.50. The molecule has 2 aliphatic heterocycles. The Morgan fingerprint density at radius 3 is 2.49 bits per heavy atom. The number of aromatic hydroxyl groups is 1. The molecule has 1 amide bonds. The smallest absolute Gasteiger partial charge is 0.319 e. The van der Waals surface area contributed by atoms with E-state index >= 15 is 4.39 Å². The van der Waals surface area contributed by atoms with E-state index in [2.05, 4.69) is 16.5 Å². The number of aromatic nitrogens is 2. The summed E-state index contributed by atoms with van der Waals surface area (Å²) in [4.78, 5) is 27.3. The number of halogens is 3. The number of hydrogen-bond acceptors (Lipinski definition) is 7. The maximum atomic E-state index is 16.3. The van der Waals surface area contributed by atoms with E-state index in [1.54, 1.807) is 4.90 Å². The Bertz CT molecular complexity index is 1460. The highest BCUT2D eigenvalue weighted by Crippen LogP contribution is 2.43. The van der Waals surface area contributed by atoms with Gasteiger partial charge in [-0.1, -0.05) is 43.5 Å². The molecule has 41 heavy (non-hydrogen) atoms. The lowest BCUT2D eigenvalue weighted by Gasteiger charge is -2.45. The van der Waals surface area contributed by atoms with Crippen molar-refractivity contribution in [3.05, 3.63) is 53.6 Å². The summed E-state index contributed by atoms with van der Waals surface area (Å²) >= 11 is 6.53. The Labute approximate surface area is 242 Å². The molecule has 11 heteroatoms. The fourth-order valence-corrected chi connectivity index (χ4v) is 6.43. The van der Waals surface area contributed by atoms with Gasteiger partial charge in [-0.3, -0.25) is 9.69 Å². The summed E-state index contributed by atoms with van der Waals surface area (Å²) in [6.45, 7) is 6.82. The number of carbonyl (C=O) groups is 1. The number of anilines is 1. The third kappa shape index (κ3) is 5.30. The fourth-order valence-electron chi connectivity index (χ4n) is 6.15. The number of rotatable bonds is 6. The first kappa shape index (κ1) is 27.7. The van der Waals surface area contributed by atoms with Crippen LogP contribution in [0.25, 0.3) is 22.0 Å². The molecule has 3 aliphatic rings. The minimum absolute atomic E-state index is 0.0234. The zero-order valence-electron chi connectivity index (χ0n) is 22.7. The van der Waals surface area contributed by atoms with Crippen LogP contribution in [0.1, 0.15) is 32.1 Å². The van der Waals surface area contributed by atoms with Gasteiger partial charge < -0.3 is 19.6 Å². The van der Waals surface area contributed by atoms with Crippen molar-refractivity contribution in [3.8, 4) is 22.9 Å². The van der Waals surface area contributed by atoms with Gasteiger partial charge in [-0.15, -0.1) is 0 Å². The lowest BCUT2D eigenvalue weighted by Crippen LogP contribution is -2.58. The maximum absolute atomic E-state index is 16.3. The van der Waals surface area contributed by atoms with Crippen molar-refractivity contribution in [2.24, 2.45) is 0 Å². The summed E-state index contributed by atoms with van der Waals surface area (Å²) in [5, 5.41) is 10.6. The molecule has 2 aromatic carbocycles. The van der Waals surface area contributed by atoms with Crippen molar-refractivity contribution in [1.82, 2.24) is 19.8 Å². The van der Waals surface area contributed by atoms with Crippen LogP contribution in [-0.4, -0.2) is 82.2 Å². The number of hydrogen-bond donors (Lipinski definition) is 1. The van der Waals surface area contributed by atoms with Crippen LogP contribution < -0.4 is 9.64 Å². The molecule has 1 N–H and O–H groups in total. The SMILES string of the molecule is C=CC(=O)N1CCN(c2nc(OC3CN(C4CCCCC4)C3)nc3c(F)c(-c4c(O)cccc4F)c(Cl)cc23)CC1. The lowest BCUT2D eigenvalue weighted by molar-refractivity contribution is -0.126. The van der Waals surface area contributed by atoms with Crippen molar-refractivity contribution in [2.75, 3.05) is 44.2 Å². The molecule has 1 aromatic heterocycles. The second kappa shape index (κ2) is 11.4. The number of fused-ring (bicyclic) bond motifs is 1. The summed E-state index contributed by atoms with van der Waals surface area (Å²) in [5.74, 6) is -1.85. The van der Waals surface area contributed by atoms with Crippen molar-refractivity contribution in [1.29, 1.82) is 0 Å². The third-order valence-electron chi connectivity index (χ3n) is 8.39. The number of benzene rings is 2. The molecule has 0 radical (unpaired) electrons. The number of ether oxygens (including phenoxy) is 1. The normalized spacial score (nSPS) is 18.9. The first-order chi connectivity index (χ1) is 19.8. The molecule has 3 heterocycles. The van der Waals surface area contributed by atoms with Crippen molar-refractivity contribution in [3.63, 3.8) is 0 Å². The second-order valence-electron chi connectivity index (χ2n) is 10.9. The average molecular weight is 584 g/mol. The van der Waals surface area contributed by atoms with Gasteiger partial charge in [-0.25, -0.2) is 8.78 Å². The van der Waals surface area contributed by atoms with Gasteiger partial charge in [0.05, 0.1) is 10.6 Å². The molecule has 1 saturated carbocycles. The molecule has 3 aromatic rings. The minimum Gasteiger partial charge on any atom is -0.507 e. The van der Waals surface area contributed by atoms with Gasteiger partial charge in [0, 0.05) is 56.3 Å². The van der Waals surface area contributed by atoms with Gasteiger partial charge in [0.2, 0.25) is 5.91 Å². The van der Waals surface area contributed by atoms with E-state index in [0.717, 1.165) is 19.2 Å². The minimum atomic E-state index is -0.876. The summed E-state index contributed by atoms with van der Waals surface area (Å²) < 4.78 is 37.2. The van der Waals surface area contributed by atoms with E-state index in [0.29, 0.717) is 43.4 Å². The number of phenolic OH excluding ortho intramolecular Hbond substituents is 1. The topological polar surface area (TPSA) is 82.0 Å². The van der Waals surface area contributed by atoms with Crippen LogP contribution >= 0.6 is 11.6 Å². The molecule has 6 rings (SSSR count). The molecule has 0 spiro atoms. The van der Waals surface area contributed by atoms with Crippen LogP contribution in [0, 0.1) is 11.6 Å². The molecule has 8 nitrogen and oxygen atoms in total. The highest BCUT2D eigenvalue weighted by Gasteiger charge is 2.35. The Morgan fingerprint density at radius 1 is 1.07 bits per heavy atom. The van der Waals surface area contributed by atoms with E-state index in [9.17, 15) is 14.3 Å². The Kier molecular flexibility index (Phi) is 7.70. The second-order valence-corrected chi connectivity index (χ2v) is 11.3. The molecule has 0 unspecified atom stereocenters. The first-order valence-corrected chi connectivity index (χ1v) is 14.5. The number of amides is 1. The van der Waals surface area contributed by atoms with E-state index in [1.807, 2.05) is 4.90 Å². The number of nitrogens with zero attached hydrogens (tertiary/aromatic N) is 5. The van der Waals surface area contributed by atoms with E-state index < -0.39 is 17.4 Å². The molecule has 0 bridgehead atoms. The standard InChI is InChI=1S/C30H32ClF2N5O3/c1-2-24(40)36-11-13-37(14-12-36)29-20-15-21(31)25(26-22(32)9-6-10-23(26)39)27(33)28(20)34-30(35-29)41-19-16-38(17-19)18-7-4-3-5-8-18/h2,6,9-10,15,18-19,39H,1,3-5,7-8,11-14,16-17H2. The van der Waals surface area contributed by atoms with Gasteiger partial charge in [0.1, 0.15) is 29.0 Å². The van der Waals surface area contributed by atoms with Crippen LogP contribution in [0.2, 0.25) is 5.02 Å². The molecule has 1 aliphatic carbocycles. The van der Waals surface area contributed by atoms with Gasteiger partial charge in [-0.2, -0.15) is 9.97 Å². The highest BCUT2D eigenvalue weighted by atomic mass is 35.5. The monoisotopic (exact) mass is 583 g/mol. The van der Waals surface area contributed by atoms with E-state index in [1.165, 1.54) is 56.4 Å². The molecule has 2 saturated heterocycles. The zero-order valence-corrected chi connectivity index (χ0v) is 23.4. The van der Waals surface area contributed by atoms with Gasteiger partial charge in [-0.05, 0) is 37.1 Å². The van der Waals surface area contributed by atoms with Gasteiger partial charge in [0.15, 0.2) is 5.82 Å². The molecular formula is C30H32ClF2N5O3. The van der Waals surface area contributed by atoms with Crippen LogP contribution in [0.4, 0.5) is 14.6 Å². The lowest BCUT2D eigenvalue weighted by atomic mass is 9.92. The van der Waals surface area contributed by atoms with Crippen molar-refractivity contribution in [2.45, 2.75) is 44.2 Å². The Balaban J connectivity index is 1.37. The van der Waals surface area contributed by atoms with E-state index in [4.69, 9.17) is 21.3 Å².